The highest BCUT2D eigenvalue weighted by atomic mass is 19.4. The second kappa shape index (κ2) is 5.38. The fourth-order valence-electron chi connectivity index (χ4n) is 0.881. The molecule has 0 aromatic carbocycles. The number of carbonyl (C=O) groups is 1. The van der Waals surface area contributed by atoms with E-state index in [1.807, 2.05) is 0 Å². The van der Waals surface area contributed by atoms with Gasteiger partial charge in [0, 0.05) is 6.54 Å². The van der Waals surface area contributed by atoms with E-state index in [0.29, 0.717) is 0 Å². The predicted octanol–water partition coefficient (Wildman–Crippen LogP) is 1.66. The van der Waals surface area contributed by atoms with E-state index in [1.165, 1.54) is 7.05 Å². The fourth-order valence-corrected chi connectivity index (χ4v) is 0.881. The normalized spacial score (nSPS) is 14.4. The molecular formula is C9H17F3N2O2. The van der Waals surface area contributed by atoms with Crippen LogP contribution in [0.15, 0.2) is 0 Å². The van der Waals surface area contributed by atoms with Gasteiger partial charge in [-0.15, -0.1) is 0 Å². The van der Waals surface area contributed by atoms with Crippen LogP contribution in [-0.4, -0.2) is 37.5 Å². The summed E-state index contributed by atoms with van der Waals surface area (Å²) in [6, 6.07) is -1.78. The summed E-state index contributed by atoms with van der Waals surface area (Å²) in [5, 5.41) is 4.12. The van der Waals surface area contributed by atoms with E-state index in [1.54, 1.807) is 20.8 Å². The van der Waals surface area contributed by atoms with E-state index < -0.39 is 30.5 Å². The van der Waals surface area contributed by atoms with E-state index in [0.717, 1.165) is 0 Å². The molecule has 16 heavy (non-hydrogen) atoms. The molecule has 0 aliphatic rings. The SMILES string of the molecule is CN[C@@H](CNC(=O)OC(C)(C)C)C(F)(F)F. The van der Waals surface area contributed by atoms with Crippen molar-refractivity contribution in [2.45, 2.75) is 38.6 Å². The summed E-state index contributed by atoms with van der Waals surface area (Å²) in [4.78, 5) is 11.1. The molecule has 0 unspecified atom stereocenters. The molecule has 0 aliphatic carbocycles. The molecule has 0 aromatic rings. The minimum absolute atomic E-state index is 0.561. The zero-order valence-electron chi connectivity index (χ0n) is 9.73. The lowest BCUT2D eigenvalue weighted by Crippen LogP contribution is -2.49. The lowest BCUT2D eigenvalue weighted by Gasteiger charge is -2.23. The molecule has 0 saturated heterocycles. The summed E-state index contributed by atoms with van der Waals surface area (Å²) < 4.78 is 41.6. The molecule has 0 saturated carbocycles. The molecule has 0 aromatic heterocycles. The summed E-state index contributed by atoms with van der Waals surface area (Å²) in [7, 11) is 1.18. The van der Waals surface area contributed by atoms with Crippen molar-refractivity contribution in [2.75, 3.05) is 13.6 Å². The first kappa shape index (κ1) is 15.0. The molecule has 4 nitrogen and oxygen atoms in total. The van der Waals surface area contributed by atoms with Crippen molar-refractivity contribution in [1.29, 1.82) is 0 Å². The Morgan fingerprint density at radius 1 is 1.31 bits per heavy atom. The summed E-state index contributed by atoms with van der Waals surface area (Å²) in [6.07, 6.45) is -5.26. The molecule has 0 radical (unpaired) electrons. The zero-order valence-corrected chi connectivity index (χ0v) is 9.73. The molecule has 0 heterocycles. The van der Waals surface area contributed by atoms with Crippen molar-refractivity contribution < 1.29 is 22.7 Å². The average Bonchev–Trinajstić information content (AvgIpc) is 1.98. The largest absolute Gasteiger partial charge is 0.444 e. The maximum Gasteiger partial charge on any atom is 0.407 e. The van der Waals surface area contributed by atoms with Crippen LogP contribution in [0.25, 0.3) is 0 Å². The third kappa shape index (κ3) is 6.49. The molecule has 2 N–H and O–H groups in total. The monoisotopic (exact) mass is 242 g/mol. The number of rotatable bonds is 3. The fraction of sp³-hybridized carbons (Fsp3) is 0.889. The van der Waals surface area contributed by atoms with Gasteiger partial charge in [-0.05, 0) is 27.8 Å². The van der Waals surface area contributed by atoms with Gasteiger partial charge in [0.25, 0.3) is 0 Å². The Morgan fingerprint density at radius 2 is 1.81 bits per heavy atom. The lowest BCUT2D eigenvalue weighted by molar-refractivity contribution is -0.153. The Kier molecular flexibility index (Phi) is 5.05. The molecular weight excluding hydrogens is 225 g/mol. The number of hydrogen-bond donors (Lipinski definition) is 2. The van der Waals surface area contributed by atoms with Crippen molar-refractivity contribution in [3.05, 3.63) is 0 Å². The van der Waals surface area contributed by atoms with Crippen LogP contribution in [0.4, 0.5) is 18.0 Å². The standard InChI is InChI=1S/C9H17F3N2O2/c1-8(2,3)16-7(15)14-5-6(13-4)9(10,11)12/h6,13H,5H2,1-4H3,(H,14,15)/t6-/m0/s1. The van der Waals surface area contributed by atoms with Gasteiger partial charge in [-0.25, -0.2) is 4.79 Å². The first-order valence-electron chi connectivity index (χ1n) is 4.77. The van der Waals surface area contributed by atoms with Gasteiger partial charge in [0.2, 0.25) is 0 Å². The highest BCUT2D eigenvalue weighted by molar-refractivity contribution is 5.67. The highest BCUT2D eigenvalue weighted by Crippen LogP contribution is 2.19. The van der Waals surface area contributed by atoms with E-state index in [2.05, 4.69) is 10.6 Å². The van der Waals surface area contributed by atoms with Crippen LogP contribution in [-0.2, 0) is 4.74 Å². The molecule has 1 amide bonds. The maximum absolute atomic E-state index is 12.3. The Labute approximate surface area is 92.5 Å². The number of ether oxygens (including phenoxy) is 1. The summed E-state index contributed by atoms with van der Waals surface area (Å²) in [5.41, 5.74) is -0.725. The number of hydrogen-bond acceptors (Lipinski definition) is 3. The molecule has 0 fully saturated rings. The average molecular weight is 242 g/mol. The van der Waals surface area contributed by atoms with Crippen LogP contribution in [0.5, 0.6) is 0 Å². The molecule has 0 rings (SSSR count). The van der Waals surface area contributed by atoms with Gasteiger partial charge >= 0.3 is 12.3 Å². The van der Waals surface area contributed by atoms with Crippen molar-refractivity contribution in [3.63, 3.8) is 0 Å². The van der Waals surface area contributed by atoms with E-state index >= 15 is 0 Å². The highest BCUT2D eigenvalue weighted by Gasteiger charge is 2.38. The molecule has 0 bridgehead atoms. The number of nitrogens with one attached hydrogen (secondary N) is 2. The summed E-state index contributed by atoms with van der Waals surface area (Å²) >= 11 is 0. The number of alkyl carbamates (subject to hydrolysis) is 1. The van der Waals surface area contributed by atoms with Gasteiger partial charge in [-0.2, -0.15) is 13.2 Å². The Hall–Kier alpha value is -0.980. The van der Waals surface area contributed by atoms with Crippen molar-refractivity contribution in [2.24, 2.45) is 0 Å². The maximum atomic E-state index is 12.3. The summed E-state index contributed by atoms with van der Waals surface area (Å²) in [5.74, 6) is 0. The first-order valence-corrected chi connectivity index (χ1v) is 4.77. The number of amides is 1. The molecule has 7 heteroatoms. The minimum Gasteiger partial charge on any atom is -0.444 e. The van der Waals surface area contributed by atoms with Gasteiger partial charge in [-0.1, -0.05) is 0 Å². The Morgan fingerprint density at radius 3 is 2.12 bits per heavy atom. The number of likely N-dealkylation sites (N-methyl/N-ethyl adjacent to an activating group) is 1. The number of halogens is 3. The quantitative estimate of drug-likeness (QED) is 0.791. The first-order chi connectivity index (χ1) is 7.06. The Balaban J connectivity index is 4.09. The van der Waals surface area contributed by atoms with Gasteiger partial charge in [0.15, 0.2) is 0 Å². The molecule has 0 aliphatic heterocycles. The van der Waals surface area contributed by atoms with Gasteiger partial charge in [0.1, 0.15) is 11.6 Å². The number of alkyl halides is 3. The van der Waals surface area contributed by atoms with Gasteiger partial charge < -0.3 is 15.4 Å². The predicted molar refractivity (Wildman–Crippen MR) is 53.1 cm³/mol. The summed E-state index contributed by atoms with van der Waals surface area (Å²) in [6.45, 7) is 4.33. The van der Waals surface area contributed by atoms with Crippen LogP contribution < -0.4 is 10.6 Å². The van der Waals surface area contributed by atoms with Crippen molar-refractivity contribution in [1.82, 2.24) is 10.6 Å². The van der Waals surface area contributed by atoms with Crippen molar-refractivity contribution >= 4 is 6.09 Å². The third-order valence-corrected chi connectivity index (χ3v) is 1.59. The zero-order chi connectivity index (χ0) is 13.0. The Bertz CT molecular complexity index is 236. The number of carbonyl (C=O) groups excluding carboxylic acids is 1. The van der Waals surface area contributed by atoms with Crippen LogP contribution in [0.1, 0.15) is 20.8 Å². The second-order valence-corrected chi connectivity index (χ2v) is 4.27. The lowest BCUT2D eigenvalue weighted by atomic mass is 10.2. The molecule has 1 atom stereocenters. The molecule has 0 spiro atoms. The van der Waals surface area contributed by atoms with Crippen LogP contribution in [0, 0.1) is 0 Å². The van der Waals surface area contributed by atoms with Gasteiger partial charge in [0.05, 0.1) is 0 Å². The minimum atomic E-state index is -4.40. The third-order valence-electron chi connectivity index (χ3n) is 1.59. The van der Waals surface area contributed by atoms with E-state index in [9.17, 15) is 18.0 Å². The van der Waals surface area contributed by atoms with Crippen molar-refractivity contribution in [3.8, 4) is 0 Å². The van der Waals surface area contributed by atoms with Crippen LogP contribution in [0.2, 0.25) is 0 Å². The second-order valence-electron chi connectivity index (χ2n) is 4.27. The van der Waals surface area contributed by atoms with E-state index in [4.69, 9.17) is 4.74 Å². The van der Waals surface area contributed by atoms with Gasteiger partial charge in [-0.3, -0.25) is 0 Å². The topological polar surface area (TPSA) is 50.4 Å². The van der Waals surface area contributed by atoms with Crippen LogP contribution in [0.3, 0.4) is 0 Å². The van der Waals surface area contributed by atoms with E-state index in [-0.39, 0.29) is 0 Å². The van der Waals surface area contributed by atoms with Crippen LogP contribution >= 0.6 is 0 Å². The smallest absolute Gasteiger partial charge is 0.407 e. The molecule has 96 valence electrons.